The Morgan fingerprint density at radius 1 is 1.44 bits per heavy atom. The molecule has 1 saturated heterocycles. The van der Waals surface area contributed by atoms with Crippen LogP contribution >= 0.6 is 0 Å². The Hall–Kier alpha value is -1.16. The number of nitrogens with two attached hydrogens (primary N) is 1. The summed E-state index contributed by atoms with van der Waals surface area (Å²) in [6.07, 6.45) is 4.12. The number of anilines is 1. The molecule has 4 heteroatoms. The topological polar surface area (TPSA) is 55.0 Å². The van der Waals surface area contributed by atoms with Crippen molar-refractivity contribution in [1.82, 2.24) is 9.97 Å². The van der Waals surface area contributed by atoms with Gasteiger partial charge in [0.15, 0.2) is 0 Å². The lowest BCUT2D eigenvalue weighted by Crippen LogP contribution is -2.42. The van der Waals surface area contributed by atoms with Crippen LogP contribution < -0.4 is 10.6 Å². The van der Waals surface area contributed by atoms with Crippen molar-refractivity contribution in [2.45, 2.75) is 26.7 Å². The number of hydrogen-bond acceptors (Lipinski definition) is 4. The summed E-state index contributed by atoms with van der Waals surface area (Å²) in [7, 11) is 0. The second kappa shape index (κ2) is 4.37. The molecule has 1 aliphatic rings. The van der Waals surface area contributed by atoms with Gasteiger partial charge in [0.05, 0.1) is 0 Å². The van der Waals surface area contributed by atoms with E-state index in [1.165, 1.54) is 0 Å². The van der Waals surface area contributed by atoms with Crippen molar-refractivity contribution in [1.29, 1.82) is 0 Å². The Morgan fingerprint density at radius 2 is 2.12 bits per heavy atom. The molecule has 0 atom stereocenters. The number of aryl methyl sites for hydroxylation is 1. The molecule has 2 rings (SSSR count). The van der Waals surface area contributed by atoms with Crippen molar-refractivity contribution >= 4 is 5.82 Å². The van der Waals surface area contributed by atoms with Gasteiger partial charge >= 0.3 is 0 Å². The van der Waals surface area contributed by atoms with E-state index in [0.29, 0.717) is 5.41 Å². The van der Waals surface area contributed by atoms with Crippen LogP contribution in [0.4, 0.5) is 5.82 Å². The quantitative estimate of drug-likeness (QED) is 0.817. The molecule has 4 nitrogen and oxygen atoms in total. The lowest BCUT2D eigenvalue weighted by Gasteiger charge is -2.39. The van der Waals surface area contributed by atoms with E-state index in [-0.39, 0.29) is 0 Å². The minimum atomic E-state index is 0.318. The normalized spacial score (nSPS) is 19.8. The summed E-state index contributed by atoms with van der Waals surface area (Å²) < 4.78 is 0. The molecule has 2 heterocycles. The molecule has 1 aromatic heterocycles. The first-order valence-electron chi connectivity index (χ1n) is 5.88. The number of nitrogens with zero attached hydrogens (tertiary/aromatic N) is 3. The summed E-state index contributed by atoms with van der Waals surface area (Å²) in [6, 6.07) is 1.98. The minimum absolute atomic E-state index is 0.318. The van der Waals surface area contributed by atoms with Crippen molar-refractivity contribution < 1.29 is 0 Å². The first-order valence-corrected chi connectivity index (χ1v) is 5.88. The third kappa shape index (κ3) is 2.32. The van der Waals surface area contributed by atoms with Crippen LogP contribution in [0.5, 0.6) is 0 Å². The number of piperidine rings is 1. The molecular formula is C12H20N4. The van der Waals surface area contributed by atoms with Crippen LogP contribution in [0.3, 0.4) is 0 Å². The highest BCUT2D eigenvalue weighted by Crippen LogP contribution is 2.31. The van der Waals surface area contributed by atoms with Gasteiger partial charge in [0.25, 0.3) is 0 Å². The van der Waals surface area contributed by atoms with Gasteiger partial charge in [-0.15, -0.1) is 0 Å². The maximum Gasteiger partial charge on any atom is 0.132 e. The lowest BCUT2D eigenvalue weighted by molar-refractivity contribution is 0.258. The monoisotopic (exact) mass is 220 g/mol. The molecular weight excluding hydrogens is 200 g/mol. The van der Waals surface area contributed by atoms with Gasteiger partial charge in [-0.1, -0.05) is 6.92 Å². The molecule has 2 N–H and O–H groups in total. The van der Waals surface area contributed by atoms with Crippen molar-refractivity contribution in [3.05, 3.63) is 18.1 Å². The van der Waals surface area contributed by atoms with Crippen molar-refractivity contribution in [2.75, 3.05) is 24.5 Å². The molecule has 0 bridgehead atoms. The molecule has 0 spiro atoms. The zero-order chi connectivity index (χ0) is 11.6. The van der Waals surface area contributed by atoms with Crippen LogP contribution in [0.2, 0.25) is 0 Å². The fourth-order valence-electron chi connectivity index (χ4n) is 2.10. The Labute approximate surface area is 96.9 Å². The molecule has 0 aliphatic carbocycles. The predicted molar refractivity (Wildman–Crippen MR) is 65.4 cm³/mol. The molecule has 1 fully saturated rings. The first-order chi connectivity index (χ1) is 7.63. The molecule has 0 unspecified atom stereocenters. The van der Waals surface area contributed by atoms with Gasteiger partial charge in [-0.25, -0.2) is 9.97 Å². The largest absolute Gasteiger partial charge is 0.356 e. The fourth-order valence-corrected chi connectivity index (χ4v) is 2.10. The molecule has 0 radical (unpaired) electrons. The molecule has 88 valence electrons. The van der Waals surface area contributed by atoms with E-state index in [9.17, 15) is 0 Å². The summed E-state index contributed by atoms with van der Waals surface area (Å²) in [6.45, 7) is 7.07. The van der Waals surface area contributed by atoms with Gasteiger partial charge in [0.1, 0.15) is 11.6 Å². The van der Waals surface area contributed by atoms with Crippen LogP contribution in [-0.4, -0.2) is 29.6 Å². The SMILES string of the molecule is Cc1nccc(N2CCC(C)(CN)CC2)n1. The summed E-state index contributed by atoms with van der Waals surface area (Å²) in [4.78, 5) is 10.9. The van der Waals surface area contributed by atoms with Gasteiger partial charge in [-0.3, -0.25) is 0 Å². The maximum absolute atomic E-state index is 5.80. The molecule has 0 aromatic carbocycles. The fraction of sp³-hybridized carbons (Fsp3) is 0.667. The van der Waals surface area contributed by atoms with E-state index in [0.717, 1.165) is 44.1 Å². The van der Waals surface area contributed by atoms with Gasteiger partial charge < -0.3 is 10.6 Å². The summed E-state index contributed by atoms with van der Waals surface area (Å²) in [5.74, 6) is 1.89. The van der Waals surface area contributed by atoms with Crippen molar-refractivity contribution in [3.63, 3.8) is 0 Å². The average Bonchev–Trinajstić information content (AvgIpc) is 2.30. The number of aromatic nitrogens is 2. The summed E-state index contributed by atoms with van der Waals surface area (Å²) >= 11 is 0. The molecule has 1 aliphatic heterocycles. The Bertz CT molecular complexity index is 356. The van der Waals surface area contributed by atoms with Gasteiger partial charge in [0.2, 0.25) is 0 Å². The van der Waals surface area contributed by atoms with Crippen molar-refractivity contribution in [2.24, 2.45) is 11.1 Å². The van der Waals surface area contributed by atoms with Crippen LogP contribution in [-0.2, 0) is 0 Å². The van der Waals surface area contributed by atoms with Gasteiger partial charge in [-0.2, -0.15) is 0 Å². The summed E-state index contributed by atoms with van der Waals surface area (Å²) in [5, 5.41) is 0. The van der Waals surface area contributed by atoms with Crippen LogP contribution in [0, 0.1) is 12.3 Å². The zero-order valence-electron chi connectivity index (χ0n) is 10.1. The zero-order valence-corrected chi connectivity index (χ0v) is 10.1. The second-order valence-corrected chi connectivity index (χ2v) is 4.96. The van der Waals surface area contributed by atoms with E-state index in [2.05, 4.69) is 21.8 Å². The predicted octanol–water partition coefficient (Wildman–Crippen LogP) is 1.35. The highest BCUT2D eigenvalue weighted by Gasteiger charge is 2.29. The Morgan fingerprint density at radius 3 is 2.69 bits per heavy atom. The van der Waals surface area contributed by atoms with E-state index < -0.39 is 0 Å². The van der Waals surface area contributed by atoms with Crippen molar-refractivity contribution in [3.8, 4) is 0 Å². The van der Waals surface area contributed by atoms with E-state index in [4.69, 9.17) is 5.73 Å². The minimum Gasteiger partial charge on any atom is -0.356 e. The van der Waals surface area contributed by atoms with E-state index >= 15 is 0 Å². The summed E-state index contributed by atoms with van der Waals surface area (Å²) in [5.41, 5.74) is 6.12. The molecule has 1 aromatic rings. The van der Waals surface area contributed by atoms with E-state index in [1.54, 1.807) is 0 Å². The molecule has 0 saturated carbocycles. The standard InChI is InChI=1S/C12H20N4/c1-10-14-6-3-11(15-10)16-7-4-12(2,9-13)5-8-16/h3,6H,4-5,7-9,13H2,1-2H3. The highest BCUT2D eigenvalue weighted by molar-refractivity contribution is 5.38. The number of rotatable bonds is 2. The smallest absolute Gasteiger partial charge is 0.132 e. The lowest BCUT2D eigenvalue weighted by atomic mass is 9.80. The second-order valence-electron chi connectivity index (χ2n) is 4.96. The van der Waals surface area contributed by atoms with Gasteiger partial charge in [-0.05, 0) is 37.8 Å². The van der Waals surface area contributed by atoms with Gasteiger partial charge in [0, 0.05) is 19.3 Å². The molecule has 0 amide bonds. The van der Waals surface area contributed by atoms with Crippen LogP contribution in [0.25, 0.3) is 0 Å². The molecule has 16 heavy (non-hydrogen) atoms. The maximum atomic E-state index is 5.80. The average molecular weight is 220 g/mol. The van der Waals surface area contributed by atoms with Crippen LogP contribution in [0.15, 0.2) is 12.3 Å². The Balaban J connectivity index is 2.04. The first kappa shape index (κ1) is 11.3. The number of hydrogen-bond donors (Lipinski definition) is 1. The third-order valence-electron chi connectivity index (χ3n) is 3.55. The van der Waals surface area contributed by atoms with Crippen LogP contribution in [0.1, 0.15) is 25.6 Å². The third-order valence-corrected chi connectivity index (χ3v) is 3.55. The Kier molecular flexibility index (Phi) is 3.10. The highest BCUT2D eigenvalue weighted by atomic mass is 15.2. The van der Waals surface area contributed by atoms with E-state index in [1.807, 2.05) is 19.2 Å².